The van der Waals surface area contributed by atoms with Crippen molar-refractivity contribution in [2.45, 2.75) is 32.5 Å². The molecule has 1 atom stereocenters. The molecule has 0 unspecified atom stereocenters. The fourth-order valence-electron chi connectivity index (χ4n) is 1.61. The zero-order valence-electron chi connectivity index (χ0n) is 9.02. The van der Waals surface area contributed by atoms with E-state index in [0.717, 1.165) is 11.8 Å². The molecule has 1 N–H and O–H groups in total. The molecule has 0 spiro atoms. The highest BCUT2D eigenvalue weighted by Gasteiger charge is 2.43. The summed E-state index contributed by atoms with van der Waals surface area (Å²) in [7, 11) is 0. The first-order chi connectivity index (χ1) is 6.84. The minimum absolute atomic E-state index is 0.00922. The van der Waals surface area contributed by atoms with Crippen LogP contribution in [0, 0.1) is 0 Å². The molecule has 0 bridgehead atoms. The fourth-order valence-corrected chi connectivity index (χ4v) is 2.28. The van der Waals surface area contributed by atoms with E-state index < -0.39 is 11.8 Å². The highest BCUT2D eigenvalue weighted by atomic mass is 32.2. The first-order valence-corrected chi connectivity index (χ1v) is 5.62. The van der Waals surface area contributed by atoms with E-state index in [1.54, 1.807) is 13.8 Å². The maximum absolute atomic E-state index is 11.0. The molecule has 15 heavy (non-hydrogen) atoms. The van der Waals surface area contributed by atoms with Crippen LogP contribution >= 0.6 is 11.8 Å². The second-order valence-electron chi connectivity index (χ2n) is 3.87. The molecule has 0 aromatic rings. The van der Waals surface area contributed by atoms with Gasteiger partial charge in [0.1, 0.15) is 5.72 Å². The van der Waals surface area contributed by atoms with Crippen LogP contribution in [0.2, 0.25) is 0 Å². The van der Waals surface area contributed by atoms with Crippen molar-refractivity contribution >= 4 is 23.0 Å². The molecule has 1 rings (SSSR count). The molecule has 1 heterocycles. The van der Waals surface area contributed by atoms with Gasteiger partial charge in [-0.1, -0.05) is 11.8 Å². The first kappa shape index (κ1) is 12.3. The predicted molar refractivity (Wildman–Crippen MR) is 56.8 cm³/mol. The highest BCUT2D eigenvalue weighted by molar-refractivity contribution is 8.13. The second kappa shape index (κ2) is 4.40. The Morgan fingerprint density at radius 3 is 2.67 bits per heavy atom. The minimum Gasteiger partial charge on any atom is -0.465 e. The molecule has 5 nitrogen and oxygen atoms in total. The fraction of sp³-hybridized carbons (Fsp3) is 0.778. The van der Waals surface area contributed by atoms with Crippen molar-refractivity contribution in [1.29, 1.82) is 0 Å². The van der Waals surface area contributed by atoms with Crippen molar-refractivity contribution in [1.82, 2.24) is 4.90 Å². The van der Waals surface area contributed by atoms with Gasteiger partial charge in [-0.25, -0.2) is 4.79 Å². The number of hydrogen-bond donors (Lipinski definition) is 1. The van der Waals surface area contributed by atoms with Gasteiger partial charge in [0.25, 0.3) is 0 Å². The van der Waals surface area contributed by atoms with E-state index in [2.05, 4.69) is 0 Å². The third-order valence-corrected chi connectivity index (χ3v) is 3.22. The quantitative estimate of drug-likeness (QED) is 0.780. The van der Waals surface area contributed by atoms with Gasteiger partial charge in [-0.05, 0) is 13.8 Å². The molecule has 0 aliphatic carbocycles. The molecule has 1 fully saturated rings. The van der Waals surface area contributed by atoms with E-state index in [9.17, 15) is 9.59 Å². The average molecular weight is 233 g/mol. The van der Waals surface area contributed by atoms with Crippen LogP contribution < -0.4 is 0 Å². The Balaban J connectivity index is 2.66. The largest absolute Gasteiger partial charge is 0.465 e. The van der Waals surface area contributed by atoms with Crippen molar-refractivity contribution in [3.63, 3.8) is 0 Å². The normalized spacial score (nSPS) is 24.2. The van der Waals surface area contributed by atoms with Gasteiger partial charge in [-0.15, -0.1) is 0 Å². The molecule has 0 saturated carbocycles. The Morgan fingerprint density at radius 2 is 2.20 bits per heavy atom. The van der Waals surface area contributed by atoms with E-state index in [4.69, 9.17) is 9.84 Å². The first-order valence-electron chi connectivity index (χ1n) is 4.64. The van der Waals surface area contributed by atoms with Gasteiger partial charge in [0.2, 0.25) is 0 Å². The highest BCUT2D eigenvalue weighted by Crippen LogP contribution is 2.29. The Bertz CT molecular complexity index is 279. The van der Waals surface area contributed by atoms with Gasteiger partial charge in [0.15, 0.2) is 5.12 Å². The number of thioether (sulfide) groups is 1. The third-order valence-electron chi connectivity index (χ3n) is 2.26. The molecule has 1 saturated heterocycles. The summed E-state index contributed by atoms with van der Waals surface area (Å²) in [6.45, 7) is 5.23. The topological polar surface area (TPSA) is 66.8 Å². The molecule has 0 aromatic carbocycles. The van der Waals surface area contributed by atoms with Gasteiger partial charge < -0.3 is 9.84 Å². The van der Waals surface area contributed by atoms with Crippen molar-refractivity contribution in [2.24, 2.45) is 0 Å². The summed E-state index contributed by atoms with van der Waals surface area (Å²) in [5.74, 6) is 0.449. The van der Waals surface area contributed by atoms with Gasteiger partial charge in [-0.3, -0.25) is 9.69 Å². The number of ether oxygens (including phenoxy) is 1. The minimum atomic E-state index is -1.01. The van der Waals surface area contributed by atoms with E-state index in [1.165, 1.54) is 11.8 Å². The van der Waals surface area contributed by atoms with E-state index >= 15 is 0 Å². The molecular weight excluding hydrogens is 218 g/mol. The van der Waals surface area contributed by atoms with Crippen molar-refractivity contribution in [3.8, 4) is 0 Å². The summed E-state index contributed by atoms with van der Waals surface area (Å²) in [5, 5.41) is 9.03. The maximum Gasteiger partial charge on any atom is 0.409 e. The van der Waals surface area contributed by atoms with Gasteiger partial charge in [0.05, 0.1) is 12.6 Å². The Hall–Kier alpha value is -0.750. The standard InChI is InChI=1S/C9H15NO4S/c1-6(11)15-5-7-4-14-9(2,3)10(7)8(12)13/h7H,4-5H2,1-3H3,(H,12,13)/t7-/m1/s1. The number of rotatable bonds is 2. The Labute approximate surface area is 92.8 Å². The molecular formula is C9H15NO4S. The zero-order valence-corrected chi connectivity index (χ0v) is 9.84. The number of amides is 1. The van der Waals surface area contributed by atoms with Crippen LogP contribution in [0.25, 0.3) is 0 Å². The van der Waals surface area contributed by atoms with Crippen LogP contribution in [0.3, 0.4) is 0 Å². The SMILES string of the molecule is CC(=O)SC[C@H]1COC(C)(C)N1C(=O)O. The van der Waals surface area contributed by atoms with E-state index in [0.29, 0.717) is 12.4 Å². The maximum atomic E-state index is 11.0. The van der Waals surface area contributed by atoms with Crippen LogP contribution in [0.5, 0.6) is 0 Å². The molecule has 0 aromatic heterocycles. The lowest BCUT2D eigenvalue weighted by atomic mass is 10.2. The average Bonchev–Trinajstić information content (AvgIpc) is 2.37. The number of nitrogens with zero attached hydrogens (tertiary/aromatic N) is 1. The van der Waals surface area contributed by atoms with Crippen molar-refractivity contribution in [3.05, 3.63) is 0 Å². The Kier molecular flexibility index (Phi) is 3.62. The molecule has 0 radical (unpaired) electrons. The number of carboxylic acid groups (broad SMARTS) is 1. The summed E-state index contributed by atoms with van der Waals surface area (Å²) in [6, 6.07) is -0.244. The molecule has 1 amide bonds. The number of hydrogen-bond acceptors (Lipinski definition) is 4. The molecule has 1 aliphatic heterocycles. The summed E-state index contributed by atoms with van der Waals surface area (Å²) < 4.78 is 5.38. The summed E-state index contributed by atoms with van der Waals surface area (Å²) >= 11 is 1.13. The van der Waals surface area contributed by atoms with Crippen LogP contribution in [0.1, 0.15) is 20.8 Å². The van der Waals surface area contributed by atoms with Crippen LogP contribution in [0.15, 0.2) is 0 Å². The van der Waals surface area contributed by atoms with E-state index in [1.807, 2.05) is 0 Å². The lowest BCUT2D eigenvalue weighted by Gasteiger charge is -2.30. The van der Waals surface area contributed by atoms with Crippen LogP contribution in [-0.4, -0.2) is 45.3 Å². The summed E-state index contributed by atoms with van der Waals surface area (Å²) in [4.78, 5) is 23.1. The van der Waals surface area contributed by atoms with Crippen LogP contribution in [-0.2, 0) is 9.53 Å². The lowest BCUT2D eigenvalue weighted by molar-refractivity contribution is -0.109. The smallest absolute Gasteiger partial charge is 0.409 e. The number of carbonyl (C=O) groups excluding carboxylic acids is 1. The summed E-state index contributed by atoms with van der Waals surface area (Å²) in [5.41, 5.74) is -0.798. The molecule has 6 heteroatoms. The lowest BCUT2D eigenvalue weighted by Crippen LogP contribution is -2.48. The number of carbonyl (C=O) groups is 2. The summed E-state index contributed by atoms with van der Waals surface area (Å²) in [6.07, 6.45) is -1.01. The van der Waals surface area contributed by atoms with Gasteiger partial charge >= 0.3 is 6.09 Å². The predicted octanol–water partition coefficient (Wildman–Crippen LogP) is 1.38. The van der Waals surface area contributed by atoms with Crippen molar-refractivity contribution in [2.75, 3.05) is 12.4 Å². The van der Waals surface area contributed by atoms with Crippen LogP contribution in [0.4, 0.5) is 4.79 Å². The molecule has 1 aliphatic rings. The van der Waals surface area contributed by atoms with Gasteiger partial charge in [0, 0.05) is 12.7 Å². The van der Waals surface area contributed by atoms with E-state index in [-0.39, 0.29) is 11.2 Å². The third kappa shape index (κ3) is 2.85. The van der Waals surface area contributed by atoms with Gasteiger partial charge in [-0.2, -0.15) is 0 Å². The molecule has 86 valence electrons. The van der Waals surface area contributed by atoms with Crippen molar-refractivity contribution < 1.29 is 19.4 Å². The second-order valence-corrected chi connectivity index (χ2v) is 5.06. The Morgan fingerprint density at radius 1 is 1.60 bits per heavy atom. The zero-order chi connectivity index (χ0) is 11.6. The monoisotopic (exact) mass is 233 g/mol.